The van der Waals surface area contributed by atoms with E-state index in [0.29, 0.717) is 25.5 Å². The number of carbonyl (C=O) groups excluding carboxylic acids is 3. The first kappa shape index (κ1) is 16.2. The number of rotatable bonds is 3. The molecule has 3 aliphatic heterocycles. The van der Waals surface area contributed by atoms with Crippen LogP contribution >= 0.6 is 0 Å². The van der Waals surface area contributed by atoms with Gasteiger partial charge in [-0.25, -0.2) is 4.79 Å². The fraction of sp³-hybridized carbons (Fsp3) is 0.444. The summed E-state index contributed by atoms with van der Waals surface area (Å²) in [5.74, 6) is 0.280. The molecule has 3 saturated heterocycles. The van der Waals surface area contributed by atoms with Crippen LogP contribution in [0, 0.1) is 0 Å². The van der Waals surface area contributed by atoms with Gasteiger partial charge < -0.3 is 9.64 Å². The molecule has 9 nitrogen and oxygen atoms in total. The van der Waals surface area contributed by atoms with Crippen LogP contribution in [0.15, 0.2) is 18.2 Å². The number of carbonyl (C=O) groups is 3. The van der Waals surface area contributed by atoms with E-state index in [1.54, 1.807) is 9.58 Å². The molecule has 0 aliphatic carbocycles. The number of anilines is 1. The van der Waals surface area contributed by atoms with Gasteiger partial charge in [0.05, 0.1) is 5.52 Å². The van der Waals surface area contributed by atoms with Crippen molar-refractivity contribution in [2.24, 2.45) is 7.05 Å². The number of urea groups is 1. The molecule has 5 rings (SSSR count). The van der Waals surface area contributed by atoms with Gasteiger partial charge in [0.2, 0.25) is 12.3 Å². The van der Waals surface area contributed by atoms with Gasteiger partial charge in [0.25, 0.3) is 0 Å². The van der Waals surface area contributed by atoms with Crippen LogP contribution in [-0.2, 0) is 27.0 Å². The molecule has 1 aromatic carbocycles. The van der Waals surface area contributed by atoms with Crippen LogP contribution in [0.2, 0.25) is 0 Å². The Kier molecular flexibility index (Phi) is 3.33. The molecule has 0 saturated carbocycles. The maximum absolute atomic E-state index is 12.2. The molecule has 1 N–H and O–H groups in total. The summed E-state index contributed by atoms with van der Waals surface area (Å²) in [5, 5.41) is 7.70. The average molecular weight is 369 g/mol. The summed E-state index contributed by atoms with van der Waals surface area (Å²) in [7, 11) is 1.83. The summed E-state index contributed by atoms with van der Waals surface area (Å²) in [5.41, 5.74) is 1.64. The second-order valence-corrected chi connectivity index (χ2v) is 7.28. The molecule has 2 unspecified atom stereocenters. The first-order valence-electron chi connectivity index (χ1n) is 8.97. The van der Waals surface area contributed by atoms with Gasteiger partial charge >= 0.3 is 6.03 Å². The monoisotopic (exact) mass is 369 g/mol. The summed E-state index contributed by atoms with van der Waals surface area (Å²) in [4.78, 5) is 37.8. The Bertz CT molecular complexity index is 986. The predicted molar refractivity (Wildman–Crippen MR) is 95.0 cm³/mol. The van der Waals surface area contributed by atoms with Crippen molar-refractivity contribution < 1.29 is 19.1 Å². The number of aryl methyl sites for hydroxylation is 1. The van der Waals surface area contributed by atoms with E-state index in [4.69, 9.17) is 4.74 Å². The highest BCUT2D eigenvalue weighted by Crippen LogP contribution is 2.52. The minimum absolute atomic E-state index is 0.0282. The third kappa shape index (κ3) is 2.34. The number of fused-ring (bicyclic) bond motifs is 2. The van der Waals surface area contributed by atoms with Crippen LogP contribution in [0.25, 0.3) is 10.9 Å². The minimum atomic E-state index is -0.444. The smallest absolute Gasteiger partial charge is 0.329 e. The number of ether oxygens (including phenoxy) is 1. The number of aromatic nitrogens is 2. The van der Waals surface area contributed by atoms with E-state index in [1.807, 2.05) is 19.2 Å². The lowest BCUT2D eigenvalue weighted by molar-refractivity contribution is -0.120. The van der Waals surface area contributed by atoms with E-state index in [2.05, 4.69) is 16.5 Å². The number of nitrogens with zero attached hydrogens (tertiary/aromatic N) is 4. The van der Waals surface area contributed by atoms with Gasteiger partial charge in [0.1, 0.15) is 11.7 Å². The van der Waals surface area contributed by atoms with Crippen molar-refractivity contribution in [3.63, 3.8) is 0 Å². The maximum Gasteiger partial charge on any atom is 0.329 e. The fourth-order valence-electron chi connectivity index (χ4n) is 4.20. The fourth-order valence-corrected chi connectivity index (χ4v) is 4.20. The molecule has 1 aromatic heterocycles. The Hall–Kier alpha value is -2.94. The number of hydrogen-bond acceptors (Lipinski definition) is 5. The Morgan fingerprint density at radius 3 is 2.93 bits per heavy atom. The maximum atomic E-state index is 12.2. The quantitative estimate of drug-likeness (QED) is 0.626. The largest absolute Gasteiger partial charge is 0.359 e. The number of likely N-dealkylation sites (tertiary alicyclic amines) is 1. The van der Waals surface area contributed by atoms with Crippen LogP contribution in [0.3, 0.4) is 0 Å². The number of amides is 4. The molecule has 0 spiro atoms. The lowest BCUT2D eigenvalue weighted by Crippen LogP contribution is -2.49. The Morgan fingerprint density at radius 1 is 1.33 bits per heavy atom. The van der Waals surface area contributed by atoms with Gasteiger partial charge in [0.15, 0.2) is 5.82 Å². The molecule has 0 radical (unpaired) electrons. The number of hydrogen-bond donors (Lipinski definition) is 1. The van der Waals surface area contributed by atoms with Crippen molar-refractivity contribution in [1.82, 2.24) is 20.0 Å². The van der Waals surface area contributed by atoms with Gasteiger partial charge in [0, 0.05) is 44.9 Å². The van der Waals surface area contributed by atoms with E-state index in [9.17, 15) is 14.4 Å². The van der Waals surface area contributed by atoms with E-state index in [1.165, 1.54) is 4.90 Å². The van der Waals surface area contributed by atoms with Crippen molar-refractivity contribution in [3.8, 4) is 0 Å². The Balaban J connectivity index is 1.50. The molecule has 9 heteroatoms. The standard InChI is InChI=1S/C18H19N5O4/c1-21-13-8-11(18-5-7-22(10-24)9-14(18)27-18)2-3-12(13)16(20-21)23-6-4-15(25)19-17(23)26/h2-3,8,10,14H,4-7,9H2,1H3,(H,19,25,26). The highest BCUT2D eigenvalue weighted by atomic mass is 16.6. The Morgan fingerprint density at radius 2 is 2.19 bits per heavy atom. The van der Waals surface area contributed by atoms with Gasteiger partial charge in [-0.1, -0.05) is 6.07 Å². The summed E-state index contributed by atoms with van der Waals surface area (Å²) < 4.78 is 7.72. The van der Waals surface area contributed by atoms with Crippen LogP contribution in [-0.4, -0.2) is 58.8 Å². The molecule has 4 heterocycles. The second kappa shape index (κ2) is 5.53. The number of epoxide rings is 1. The average Bonchev–Trinajstić information content (AvgIpc) is 3.32. The molecule has 0 bridgehead atoms. The van der Waals surface area contributed by atoms with Crippen molar-refractivity contribution in [2.75, 3.05) is 24.5 Å². The number of benzene rings is 1. The molecule has 140 valence electrons. The number of nitrogens with one attached hydrogen (secondary N) is 1. The van der Waals surface area contributed by atoms with Gasteiger partial charge in [-0.15, -0.1) is 0 Å². The van der Waals surface area contributed by atoms with Crippen LogP contribution in [0.5, 0.6) is 0 Å². The van der Waals surface area contributed by atoms with E-state index in [0.717, 1.165) is 29.3 Å². The van der Waals surface area contributed by atoms with Crippen LogP contribution in [0.4, 0.5) is 10.6 Å². The first-order valence-corrected chi connectivity index (χ1v) is 8.97. The lowest BCUT2D eigenvalue weighted by atomic mass is 9.88. The number of imide groups is 1. The van der Waals surface area contributed by atoms with Crippen molar-refractivity contribution in [1.29, 1.82) is 0 Å². The molecule has 2 aromatic rings. The molecule has 4 amide bonds. The number of piperidine rings is 1. The van der Waals surface area contributed by atoms with Crippen LogP contribution < -0.4 is 10.2 Å². The third-order valence-corrected chi connectivity index (χ3v) is 5.77. The zero-order valence-corrected chi connectivity index (χ0v) is 14.8. The molecule has 27 heavy (non-hydrogen) atoms. The molecule has 3 aliphatic rings. The molecule has 2 atom stereocenters. The SMILES string of the molecule is Cn1nc(N2CCC(=O)NC2=O)c2ccc(C34CCN(C=O)CC3O4)cc21. The summed E-state index contributed by atoms with van der Waals surface area (Å²) in [6.07, 6.45) is 1.92. The van der Waals surface area contributed by atoms with E-state index in [-0.39, 0.29) is 24.0 Å². The predicted octanol–water partition coefficient (Wildman–Crippen LogP) is 0.476. The van der Waals surface area contributed by atoms with Gasteiger partial charge in [-0.3, -0.25) is 24.5 Å². The first-order chi connectivity index (χ1) is 13.0. The van der Waals surface area contributed by atoms with Gasteiger partial charge in [-0.05, 0) is 17.7 Å². The van der Waals surface area contributed by atoms with Crippen molar-refractivity contribution in [2.45, 2.75) is 24.5 Å². The third-order valence-electron chi connectivity index (χ3n) is 5.77. The summed E-state index contributed by atoms with van der Waals surface area (Å²) >= 11 is 0. The lowest BCUT2D eigenvalue weighted by Gasteiger charge is -2.25. The van der Waals surface area contributed by atoms with Crippen molar-refractivity contribution >= 4 is 35.1 Å². The Labute approximate surface area is 154 Å². The normalized spacial score (nSPS) is 27.5. The van der Waals surface area contributed by atoms with Crippen molar-refractivity contribution in [3.05, 3.63) is 23.8 Å². The highest BCUT2D eigenvalue weighted by molar-refractivity contribution is 6.08. The summed E-state index contributed by atoms with van der Waals surface area (Å²) in [6.45, 7) is 1.60. The second-order valence-electron chi connectivity index (χ2n) is 7.28. The minimum Gasteiger partial charge on any atom is -0.359 e. The van der Waals surface area contributed by atoms with Gasteiger partial charge in [-0.2, -0.15) is 5.10 Å². The van der Waals surface area contributed by atoms with Crippen LogP contribution in [0.1, 0.15) is 18.4 Å². The zero-order valence-electron chi connectivity index (χ0n) is 14.8. The topological polar surface area (TPSA) is 100 Å². The molecular weight excluding hydrogens is 350 g/mol. The molecule has 3 fully saturated rings. The zero-order chi connectivity index (χ0) is 18.8. The molecular formula is C18H19N5O4. The summed E-state index contributed by atoms with van der Waals surface area (Å²) in [6, 6.07) is 5.57. The van der Waals surface area contributed by atoms with E-state index < -0.39 is 6.03 Å². The highest BCUT2D eigenvalue weighted by Gasteiger charge is 2.60. The van der Waals surface area contributed by atoms with E-state index >= 15 is 0 Å².